The molecule has 0 aromatic heterocycles. The van der Waals surface area contributed by atoms with E-state index in [0.29, 0.717) is 26.9 Å². The van der Waals surface area contributed by atoms with Gasteiger partial charge in [-0.15, -0.1) is 11.6 Å². The van der Waals surface area contributed by atoms with Crippen LogP contribution in [0.1, 0.15) is 6.92 Å². The van der Waals surface area contributed by atoms with Gasteiger partial charge in [-0.3, -0.25) is 9.76 Å². The quantitative estimate of drug-likeness (QED) is 0.149. The minimum Gasteiger partial charge on any atom is -0.312 e. The second-order valence-electron chi connectivity index (χ2n) is 7.80. The molecule has 34 heavy (non-hydrogen) atoms. The molecule has 0 heterocycles. The van der Waals surface area contributed by atoms with Crippen molar-refractivity contribution in [1.82, 2.24) is 5.20 Å². The topological polar surface area (TPSA) is 58.5 Å². The van der Waals surface area contributed by atoms with Gasteiger partial charge in [-0.05, 0) is 31.2 Å². The van der Waals surface area contributed by atoms with Gasteiger partial charge in [0.2, 0.25) is 7.29 Å². The zero-order valence-corrected chi connectivity index (χ0v) is 21.2. The van der Waals surface area contributed by atoms with Crippen LogP contribution in [0.4, 0.5) is 0 Å². The molecule has 0 spiro atoms. The maximum Gasteiger partial charge on any atom is 0.242 e. The SMILES string of the molecule is C/C(=N\NP(=O)(c1ccccc1)c1ccccc1)C(Cl)P(=O)(c1ccccc1)c1ccccc1. The maximum atomic E-state index is 14.5. The highest BCUT2D eigenvalue weighted by molar-refractivity contribution is 7.81. The van der Waals surface area contributed by atoms with Crippen LogP contribution in [0.25, 0.3) is 0 Å². The van der Waals surface area contributed by atoms with Crippen LogP contribution in [-0.2, 0) is 9.13 Å². The van der Waals surface area contributed by atoms with Crippen LogP contribution in [0.5, 0.6) is 0 Å². The summed E-state index contributed by atoms with van der Waals surface area (Å²) in [6.45, 7) is 1.71. The largest absolute Gasteiger partial charge is 0.312 e. The molecule has 0 fully saturated rings. The van der Waals surface area contributed by atoms with Crippen molar-refractivity contribution in [2.24, 2.45) is 5.10 Å². The van der Waals surface area contributed by atoms with Crippen LogP contribution in [0.15, 0.2) is 126 Å². The Morgan fingerprint density at radius 3 is 1.32 bits per heavy atom. The van der Waals surface area contributed by atoms with Gasteiger partial charge in [0.15, 0.2) is 7.14 Å². The van der Waals surface area contributed by atoms with E-state index in [2.05, 4.69) is 10.3 Å². The van der Waals surface area contributed by atoms with Gasteiger partial charge in [-0.25, -0.2) is 0 Å². The lowest BCUT2D eigenvalue weighted by atomic mass is 10.4. The molecule has 1 N–H and O–H groups in total. The average Bonchev–Trinajstić information content (AvgIpc) is 2.92. The van der Waals surface area contributed by atoms with E-state index < -0.39 is 19.6 Å². The van der Waals surface area contributed by atoms with E-state index in [0.717, 1.165) is 0 Å². The summed E-state index contributed by atoms with van der Waals surface area (Å²) in [5, 5.41) is 9.00. The average molecular weight is 507 g/mol. The fourth-order valence-electron chi connectivity index (χ4n) is 3.72. The molecule has 1 atom stereocenters. The highest BCUT2D eigenvalue weighted by Gasteiger charge is 2.38. The minimum atomic E-state index is -3.30. The molecule has 172 valence electrons. The molecule has 4 nitrogen and oxygen atoms in total. The summed E-state index contributed by atoms with van der Waals surface area (Å²) in [6, 6.07) is 36.8. The van der Waals surface area contributed by atoms with Crippen LogP contribution in [-0.4, -0.2) is 10.8 Å². The van der Waals surface area contributed by atoms with Crippen molar-refractivity contribution in [1.29, 1.82) is 0 Å². The third-order valence-electron chi connectivity index (χ3n) is 5.55. The summed E-state index contributed by atoms with van der Waals surface area (Å²) in [5.74, 6) is 0. The van der Waals surface area contributed by atoms with Crippen LogP contribution in [0.3, 0.4) is 0 Å². The van der Waals surface area contributed by atoms with Crippen molar-refractivity contribution in [3.8, 4) is 0 Å². The minimum absolute atomic E-state index is 0.393. The number of hydrogen-bond donors (Lipinski definition) is 1. The molecular formula is C27H25ClN2O2P2. The van der Waals surface area contributed by atoms with E-state index >= 15 is 0 Å². The number of alkyl halides is 1. The predicted octanol–water partition coefficient (Wildman–Crippen LogP) is 5.46. The Bertz CT molecular complexity index is 1260. The summed E-state index contributed by atoms with van der Waals surface area (Å²) >= 11 is 6.90. The molecule has 4 aromatic rings. The molecular weight excluding hydrogens is 482 g/mol. The molecule has 4 aromatic carbocycles. The molecule has 4 rings (SSSR count). The standard InChI is InChI=1S/C27H25ClN2O2P2/c1-22(27(28)33(31,23-14-6-2-7-15-23)24-16-8-3-9-17-24)29-30-34(32,25-18-10-4-11-19-25)26-20-12-5-13-21-26/h2-21,27H,1H3,(H,30,32)/b29-22+. The summed E-state index contributed by atoms with van der Waals surface area (Å²) in [6.07, 6.45) is 0. The number of rotatable bonds is 8. The number of nitrogens with zero attached hydrogens (tertiary/aromatic N) is 1. The first kappa shape index (κ1) is 24.2. The lowest BCUT2D eigenvalue weighted by Gasteiger charge is -2.25. The molecule has 7 heteroatoms. The zero-order valence-electron chi connectivity index (χ0n) is 18.7. The van der Waals surface area contributed by atoms with E-state index in [1.807, 2.05) is 121 Å². The van der Waals surface area contributed by atoms with E-state index in [1.54, 1.807) is 6.92 Å². The number of hydrogen-bond acceptors (Lipinski definition) is 3. The Morgan fingerprint density at radius 1 is 0.647 bits per heavy atom. The second-order valence-corrected chi connectivity index (χ2v) is 13.9. The van der Waals surface area contributed by atoms with Crippen LogP contribution in [0.2, 0.25) is 0 Å². The van der Waals surface area contributed by atoms with Gasteiger partial charge >= 0.3 is 0 Å². The third kappa shape index (κ3) is 4.81. The highest BCUT2D eigenvalue weighted by atomic mass is 35.5. The second kappa shape index (κ2) is 10.6. The molecule has 0 saturated carbocycles. The van der Waals surface area contributed by atoms with Crippen molar-refractivity contribution in [2.75, 3.05) is 0 Å². The molecule has 0 bridgehead atoms. The van der Waals surface area contributed by atoms with Gasteiger partial charge < -0.3 is 4.57 Å². The lowest BCUT2D eigenvalue weighted by Crippen LogP contribution is -2.29. The zero-order chi connectivity index (χ0) is 24.0. The van der Waals surface area contributed by atoms with Crippen molar-refractivity contribution in [2.45, 2.75) is 12.0 Å². The molecule has 0 radical (unpaired) electrons. The first-order valence-corrected chi connectivity index (χ1v) is 14.8. The van der Waals surface area contributed by atoms with Crippen LogP contribution < -0.4 is 26.4 Å². The normalized spacial score (nSPS) is 13.3. The number of hydrazone groups is 1. The molecule has 0 aliphatic heterocycles. The third-order valence-corrected chi connectivity index (χ3v) is 12.3. The van der Waals surface area contributed by atoms with E-state index in [9.17, 15) is 9.13 Å². The van der Waals surface area contributed by atoms with Crippen molar-refractivity contribution in [3.05, 3.63) is 121 Å². The smallest absolute Gasteiger partial charge is 0.242 e. The number of nitrogens with one attached hydrogen (secondary N) is 1. The Kier molecular flexibility index (Phi) is 7.54. The molecule has 0 saturated heterocycles. The summed E-state index contributed by atoms with van der Waals surface area (Å²) in [5.41, 5.74) is 0.393. The fraction of sp³-hybridized carbons (Fsp3) is 0.0741. The lowest BCUT2D eigenvalue weighted by molar-refractivity contribution is 0.579. The first-order valence-electron chi connectivity index (χ1n) is 10.8. The van der Waals surface area contributed by atoms with Gasteiger partial charge in [-0.2, -0.15) is 5.10 Å². The maximum absolute atomic E-state index is 14.5. The van der Waals surface area contributed by atoms with Crippen molar-refractivity contribution in [3.63, 3.8) is 0 Å². The summed E-state index contributed by atoms with van der Waals surface area (Å²) < 4.78 is 28.7. The van der Waals surface area contributed by atoms with Gasteiger partial charge in [-0.1, -0.05) is 97.1 Å². The van der Waals surface area contributed by atoms with Gasteiger partial charge in [0.05, 0.1) is 5.71 Å². The summed E-state index contributed by atoms with van der Waals surface area (Å²) in [7, 11) is -6.59. The van der Waals surface area contributed by atoms with Crippen molar-refractivity contribution < 1.29 is 9.13 Å². The predicted molar refractivity (Wildman–Crippen MR) is 145 cm³/mol. The Balaban J connectivity index is 1.75. The fourth-order valence-corrected chi connectivity index (χ4v) is 9.09. The van der Waals surface area contributed by atoms with Gasteiger partial charge in [0.1, 0.15) is 5.12 Å². The Morgan fingerprint density at radius 2 is 0.971 bits per heavy atom. The van der Waals surface area contributed by atoms with Gasteiger partial charge in [0.25, 0.3) is 0 Å². The monoisotopic (exact) mass is 506 g/mol. The molecule has 0 aliphatic rings. The van der Waals surface area contributed by atoms with Crippen molar-refractivity contribution >= 4 is 53.0 Å². The Hall–Kier alpha value is -2.90. The Labute approximate surface area is 205 Å². The van der Waals surface area contributed by atoms with E-state index in [1.165, 1.54) is 0 Å². The highest BCUT2D eigenvalue weighted by Crippen LogP contribution is 2.51. The number of halogens is 1. The van der Waals surface area contributed by atoms with E-state index in [-0.39, 0.29) is 0 Å². The van der Waals surface area contributed by atoms with Crippen LogP contribution >= 0.6 is 26.0 Å². The van der Waals surface area contributed by atoms with Crippen LogP contribution in [0, 0.1) is 0 Å². The molecule has 0 aliphatic carbocycles. The van der Waals surface area contributed by atoms with E-state index in [4.69, 9.17) is 11.6 Å². The molecule has 1 unspecified atom stereocenters. The summed E-state index contributed by atoms with van der Waals surface area (Å²) in [4.78, 5) is 0. The number of benzene rings is 4. The molecule has 0 amide bonds. The first-order chi connectivity index (χ1) is 16.5. The van der Waals surface area contributed by atoms with Gasteiger partial charge in [0, 0.05) is 21.2 Å².